The maximum atomic E-state index is 10.9. The van der Waals surface area contributed by atoms with E-state index in [9.17, 15) is 4.79 Å². The molecule has 6 heteroatoms. The first-order valence-corrected chi connectivity index (χ1v) is 12.7. The third-order valence-electron chi connectivity index (χ3n) is 7.62. The predicted octanol–water partition coefficient (Wildman–Crippen LogP) is 4.96. The van der Waals surface area contributed by atoms with E-state index in [0.29, 0.717) is 6.61 Å². The summed E-state index contributed by atoms with van der Waals surface area (Å²) in [7, 11) is 0. The molecule has 184 valence electrons. The maximum absolute atomic E-state index is 10.9. The van der Waals surface area contributed by atoms with Gasteiger partial charge in [0.1, 0.15) is 0 Å². The second kappa shape index (κ2) is 10.0. The van der Waals surface area contributed by atoms with E-state index in [1.54, 1.807) is 0 Å². The van der Waals surface area contributed by atoms with Crippen molar-refractivity contribution in [2.75, 3.05) is 44.2 Å². The van der Waals surface area contributed by atoms with Crippen LogP contribution in [0.2, 0.25) is 0 Å². The van der Waals surface area contributed by atoms with Crippen molar-refractivity contribution in [3.05, 3.63) is 41.6 Å². The zero-order valence-corrected chi connectivity index (χ0v) is 21.6. The molecule has 34 heavy (non-hydrogen) atoms. The second-order valence-electron chi connectivity index (χ2n) is 11.1. The van der Waals surface area contributed by atoms with E-state index in [1.807, 2.05) is 12.3 Å². The average Bonchev–Trinajstić information content (AvgIpc) is 2.82. The van der Waals surface area contributed by atoms with Crippen LogP contribution in [0.3, 0.4) is 0 Å². The number of hydrogen-bond donors (Lipinski definition) is 0. The summed E-state index contributed by atoms with van der Waals surface area (Å²) in [4.78, 5) is 25.2. The standard InChI is InChI=1S/C28H40N4O2/c1-21(33)34-19-7-6-14-31-15-17-32(18-16-31)26-29-13-10-25(30-26)22-8-9-23-24(20-22)28(4,5)12-11-27(23,2)3/h8-10,13,20H,6-7,11-12,14-19H2,1-5H3. The number of unbranched alkanes of at least 4 members (excludes halogenated alkanes) is 1. The van der Waals surface area contributed by atoms with E-state index in [0.717, 1.165) is 57.2 Å². The van der Waals surface area contributed by atoms with Crippen LogP contribution in [0.15, 0.2) is 30.5 Å². The lowest BCUT2D eigenvalue weighted by Crippen LogP contribution is -2.47. The third kappa shape index (κ3) is 5.60. The smallest absolute Gasteiger partial charge is 0.302 e. The summed E-state index contributed by atoms with van der Waals surface area (Å²) >= 11 is 0. The van der Waals surface area contributed by atoms with Gasteiger partial charge < -0.3 is 9.64 Å². The molecule has 0 N–H and O–H groups in total. The molecule has 2 aromatic rings. The molecule has 0 saturated carbocycles. The molecule has 2 heterocycles. The Morgan fingerprint density at radius 2 is 1.68 bits per heavy atom. The van der Waals surface area contributed by atoms with Gasteiger partial charge in [-0.3, -0.25) is 9.69 Å². The zero-order chi connectivity index (χ0) is 24.3. The van der Waals surface area contributed by atoms with Crippen LogP contribution in [0, 0.1) is 0 Å². The molecule has 0 amide bonds. The van der Waals surface area contributed by atoms with Gasteiger partial charge in [0.15, 0.2) is 0 Å². The van der Waals surface area contributed by atoms with Gasteiger partial charge >= 0.3 is 5.97 Å². The van der Waals surface area contributed by atoms with Crippen molar-refractivity contribution in [3.8, 4) is 11.3 Å². The molecule has 0 radical (unpaired) electrons. The van der Waals surface area contributed by atoms with Crippen LogP contribution >= 0.6 is 0 Å². The summed E-state index contributed by atoms with van der Waals surface area (Å²) in [5.74, 6) is 0.628. The van der Waals surface area contributed by atoms with Gasteiger partial charge in [-0.1, -0.05) is 39.8 Å². The Morgan fingerprint density at radius 1 is 0.971 bits per heavy atom. The molecule has 1 aromatic heterocycles. The number of nitrogens with zero attached hydrogens (tertiary/aromatic N) is 4. The molecule has 0 bridgehead atoms. The fraction of sp³-hybridized carbons (Fsp3) is 0.607. The lowest BCUT2D eigenvalue weighted by Gasteiger charge is -2.42. The van der Waals surface area contributed by atoms with E-state index >= 15 is 0 Å². The van der Waals surface area contributed by atoms with Gasteiger partial charge in [-0.25, -0.2) is 9.97 Å². The van der Waals surface area contributed by atoms with Crippen molar-refractivity contribution in [1.29, 1.82) is 0 Å². The number of rotatable bonds is 7. The lowest BCUT2D eigenvalue weighted by molar-refractivity contribution is -0.141. The first-order valence-electron chi connectivity index (χ1n) is 12.7. The Kier molecular flexibility index (Phi) is 7.27. The summed E-state index contributed by atoms with van der Waals surface area (Å²) in [6.07, 6.45) is 6.29. The maximum Gasteiger partial charge on any atom is 0.302 e. The Balaban J connectivity index is 1.40. The number of aromatic nitrogens is 2. The highest BCUT2D eigenvalue weighted by Crippen LogP contribution is 2.46. The van der Waals surface area contributed by atoms with Gasteiger partial charge in [-0.2, -0.15) is 0 Å². The number of anilines is 1. The number of carbonyl (C=O) groups is 1. The minimum absolute atomic E-state index is 0.186. The van der Waals surface area contributed by atoms with Crippen molar-refractivity contribution in [2.45, 2.75) is 71.1 Å². The molecule has 1 aliphatic heterocycles. The van der Waals surface area contributed by atoms with E-state index in [4.69, 9.17) is 9.72 Å². The fourth-order valence-electron chi connectivity index (χ4n) is 5.23. The molecular formula is C28H40N4O2. The topological polar surface area (TPSA) is 58.6 Å². The summed E-state index contributed by atoms with van der Waals surface area (Å²) in [5, 5.41) is 0. The molecule has 2 aliphatic rings. The van der Waals surface area contributed by atoms with E-state index in [-0.39, 0.29) is 16.8 Å². The highest BCUT2D eigenvalue weighted by Gasteiger charge is 2.37. The first kappa shape index (κ1) is 24.6. The highest BCUT2D eigenvalue weighted by molar-refractivity contribution is 5.66. The Morgan fingerprint density at radius 3 is 2.38 bits per heavy atom. The van der Waals surface area contributed by atoms with Crippen LogP contribution in [0.1, 0.15) is 71.4 Å². The third-order valence-corrected chi connectivity index (χ3v) is 7.62. The Hall–Kier alpha value is -2.47. The summed E-state index contributed by atoms with van der Waals surface area (Å²) in [6.45, 7) is 16.3. The summed E-state index contributed by atoms with van der Waals surface area (Å²) in [5.41, 5.74) is 5.53. The summed E-state index contributed by atoms with van der Waals surface area (Å²) < 4.78 is 5.02. The van der Waals surface area contributed by atoms with Crippen molar-refractivity contribution < 1.29 is 9.53 Å². The van der Waals surface area contributed by atoms with Gasteiger partial charge in [0.25, 0.3) is 0 Å². The quantitative estimate of drug-likeness (QED) is 0.426. The SMILES string of the molecule is CC(=O)OCCCCN1CCN(c2nccc(-c3ccc4c(c3)C(C)(C)CCC4(C)C)n2)CC1. The molecule has 4 rings (SSSR count). The van der Waals surface area contributed by atoms with Crippen LogP contribution < -0.4 is 4.90 Å². The first-order chi connectivity index (χ1) is 16.2. The highest BCUT2D eigenvalue weighted by atomic mass is 16.5. The lowest BCUT2D eigenvalue weighted by atomic mass is 9.63. The minimum Gasteiger partial charge on any atom is -0.466 e. The largest absolute Gasteiger partial charge is 0.466 e. The molecule has 1 saturated heterocycles. The number of ether oxygens (including phenoxy) is 1. The number of fused-ring (bicyclic) bond motifs is 1. The van der Waals surface area contributed by atoms with Gasteiger partial charge in [-0.05, 0) is 66.3 Å². The number of benzene rings is 1. The van der Waals surface area contributed by atoms with Crippen LogP contribution in [0.4, 0.5) is 5.95 Å². The van der Waals surface area contributed by atoms with Gasteiger partial charge in [0, 0.05) is 44.9 Å². The normalized spacial score (nSPS) is 19.5. The Labute approximate surface area is 204 Å². The fourth-order valence-corrected chi connectivity index (χ4v) is 5.23. The minimum atomic E-state index is -0.196. The average molecular weight is 465 g/mol. The van der Waals surface area contributed by atoms with Crippen molar-refractivity contribution >= 4 is 11.9 Å². The number of piperazine rings is 1. The number of carbonyl (C=O) groups excluding carboxylic acids is 1. The van der Waals surface area contributed by atoms with Crippen molar-refractivity contribution in [2.24, 2.45) is 0 Å². The van der Waals surface area contributed by atoms with Gasteiger partial charge in [0.05, 0.1) is 12.3 Å². The number of esters is 1. The molecule has 1 fully saturated rings. The van der Waals surface area contributed by atoms with Crippen molar-refractivity contribution in [1.82, 2.24) is 14.9 Å². The van der Waals surface area contributed by atoms with Crippen LogP contribution in [0.25, 0.3) is 11.3 Å². The number of hydrogen-bond acceptors (Lipinski definition) is 6. The second-order valence-corrected chi connectivity index (χ2v) is 11.1. The van der Waals surface area contributed by atoms with E-state index < -0.39 is 0 Å². The van der Waals surface area contributed by atoms with Gasteiger partial charge in [0.2, 0.25) is 5.95 Å². The zero-order valence-electron chi connectivity index (χ0n) is 21.6. The molecule has 0 unspecified atom stereocenters. The summed E-state index contributed by atoms with van der Waals surface area (Å²) in [6, 6.07) is 8.97. The molecule has 0 spiro atoms. The monoisotopic (exact) mass is 464 g/mol. The molecule has 6 nitrogen and oxygen atoms in total. The van der Waals surface area contributed by atoms with Crippen LogP contribution in [0.5, 0.6) is 0 Å². The van der Waals surface area contributed by atoms with E-state index in [1.165, 1.54) is 36.5 Å². The Bertz CT molecular complexity index is 1010. The van der Waals surface area contributed by atoms with Crippen LogP contribution in [-0.2, 0) is 20.4 Å². The molecule has 1 aliphatic carbocycles. The van der Waals surface area contributed by atoms with Crippen molar-refractivity contribution in [3.63, 3.8) is 0 Å². The molecule has 0 atom stereocenters. The van der Waals surface area contributed by atoms with Crippen LogP contribution in [-0.4, -0.2) is 60.2 Å². The van der Waals surface area contributed by atoms with E-state index in [2.05, 4.69) is 60.7 Å². The van der Waals surface area contributed by atoms with Gasteiger partial charge in [-0.15, -0.1) is 0 Å². The predicted molar refractivity (Wildman–Crippen MR) is 137 cm³/mol. The molecule has 1 aromatic carbocycles. The molecular weight excluding hydrogens is 424 g/mol.